The minimum absolute atomic E-state index is 0.0650. The van der Waals surface area contributed by atoms with Crippen LogP contribution in [0.2, 0.25) is 0 Å². The number of H-pyrrole nitrogens is 1. The average molecular weight is 443 g/mol. The summed E-state index contributed by atoms with van der Waals surface area (Å²) in [5.41, 5.74) is 0.380. The van der Waals surface area contributed by atoms with Crippen molar-refractivity contribution >= 4 is 27.6 Å². The van der Waals surface area contributed by atoms with Gasteiger partial charge in [0.25, 0.3) is 5.56 Å². The first-order valence-corrected chi connectivity index (χ1v) is 9.08. The Labute approximate surface area is 159 Å². The van der Waals surface area contributed by atoms with Gasteiger partial charge >= 0.3 is 12.2 Å². The van der Waals surface area contributed by atoms with Crippen LogP contribution < -0.4 is 10.9 Å². The first kappa shape index (κ1) is 18.0. The second-order valence-electron chi connectivity index (χ2n) is 6.62. The van der Waals surface area contributed by atoms with Crippen LogP contribution in [0.15, 0.2) is 33.5 Å². The fraction of sp³-hybridized carbons (Fsp3) is 0.353. The van der Waals surface area contributed by atoms with Gasteiger partial charge in [-0.15, -0.1) is 0 Å². The summed E-state index contributed by atoms with van der Waals surface area (Å²) in [4.78, 5) is 25.9. The number of halogens is 4. The van der Waals surface area contributed by atoms with Crippen LogP contribution in [0.4, 0.5) is 23.7 Å². The molecule has 2 aromatic rings. The van der Waals surface area contributed by atoms with Crippen LogP contribution in [0.25, 0.3) is 0 Å². The standard InChI is InChI=1S/C17H14BrF3N4O2/c18-12-3-1-9(7-11(12)17(19,20)21)22-16(27)25-10-2-4-13(25)15-8(5-10)6-14(26)23-24-15/h1,3,6-7,10,13H,2,4-5H2,(H,22,27)(H,23,26)/t10-,13+/m0/s1. The number of carbonyl (C=O) groups is 1. The molecule has 142 valence electrons. The number of nitrogens with one attached hydrogen (secondary N) is 2. The molecule has 0 aliphatic carbocycles. The molecule has 1 aromatic carbocycles. The van der Waals surface area contributed by atoms with E-state index in [-0.39, 0.29) is 27.8 Å². The Morgan fingerprint density at radius 1 is 1.30 bits per heavy atom. The van der Waals surface area contributed by atoms with E-state index in [1.807, 2.05) is 0 Å². The predicted molar refractivity (Wildman–Crippen MR) is 94.3 cm³/mol. The molecule has 2 bridgehead atoms. The smallest absolute Gasteiger partial charge is 0.313 e. The lowest BCUT2D eigenvalue weighted by atomic mass is 9.99. The maximum atomic E-state index is 13.1. The number of carbonyl (C=O) groups excluding carboxylic acids is 1. The van der Waals surface area contributed by atoms with Gasteiger partial charge < -0.3 is 10.2 Å². The van der Waals surface area contributed by atoms with Gasteiger partial charge in [0.2, 0.25) is 0 Å². The third-order valence-corrected chi connectivity index (χ3v) is 5.64. The fourth-order valence-electron chi connectivity index (χ4n) is 3.82. The molecule has 2 aliphatic heterocycles. The number of amides is 2. The van der Waals surface area contributed by atoms with Gasteiger partial charge in [-0.3, -0.25) is 4.79 Å². The van der Waals surface area contributed by atoms with Gasteiger partial charge in [0.15, 0.2) is 0 Å². The Kier molecular flexibility index (Phi) is 4.25. The van der Waals surface area contributed by atoms with Crippen molar-refractivity contribution in [2.45, 2.75) is 37.5 Å². The minimum atomic E-state index is -4.53. The number of aromatic amines is 1. The highest BCUT2D eigenvalue weighted by Gasteiger charge is 2.44. The normalized spacial score (nSPS) is 21.1. The zero-order valence-corrected chi connectivity index (χ0v) is 15.4. The number of benzene rings is 1. The molecular formula is C17H14BrF3N4O2. The Morgan fingerprint density at radius 3 is 2.81 bits per heavy atom. The zero-order chi connectivity index (χ0) is 19.3. The maximum absolute atomic E-state index is 13.1. The molecule has 27 heavy (non-hydrogen) atoms. The van der Waals surface area contributed by atoms with Crippen molar-refractivity contribution < 1.29 is 18.0 Å². The van der Waals surface area contributed by atoms with E-state index in [1.165, 1.54) is 18.2 Å². The molecule has 0 spiro atoms. The number of hydrogen-bond donors (Lipinski definition) is 2. The summed E-state index contributed by atoms with van der Waals surface area (Å²) in [5.74, 6) is 0. The lowest BCUT2D eigenvalue weighted by molar-refractivity contribution is -0.138. The van der Waals surface area contributed by atoms with Gasteiger partial charge in [-0.05, 0) is 43.0 Å². The molecule has 2 aliphatic rings. The molecule has 1 saturated heterocycles. The van der Waals surface area contributed by atoms with E-state index in [9.17, 15) is 22.8 Å². The summed E-state index contributed by atoms with van der Waals surface area (Å²) in [6.07, 6.45) is -2.59. The molecule has 0 saturated carbocycles. The van der Waals surface area contributed by atoms with Gasteiger partial charge in [-0.2, -0.15) is 18.3 Å². The number of alkyl halides is 3. The molecule has 0 radical (unpaired) electrons. The second-order valence-corrected chi connectivity index (χ2v) is 7.48. The predicted octanol–water partition coefficient (Wildman–Crippen LogP) is 3.84. The number of aromatic nitrogens is 2. The van der Waals surface area contributed by atoms with Gasteiger partial charge in [0.05, 0.1) is 17.3 Å². The van der Waals surface area contributed by atoms with E-state index in [1.54, 1.807) is 4.90 Å². The van der Waals surface area contributed by atoms with Crippen molar-refractivity contribution in [3.63, 3.8) is 0 Å². The van der Waals surface area contributed by atoms with Crippen LogP contribution in [0.5, 0.6) is 0 Å². The molecule has 2 atom stereocenters. The summed E-state index contributed by atoms with van der Waals surface area (Å²) in [7, 11) is 0. The van der Waals surface area contributed by atoms with Crippen LogP contribution in [0, 0.1) is 0 Å². The van der Waals surface area contributed by atoms with E-state index in [0.717, 1.165) is 18.1 Å². The minimum Gasteiger partial charge on any atom is -0.313 e. The first-order valence-electron chi connectivity index (χ1n) is 8.28. The van der Waals surface area contributed by atoms with Gasteiger partial charge in [-0.1, -0.05) is 15.9 Å². The highest BCUT2D eigenvalue weighted by Crippen LogP contribution is 2.42. The first-order chi connectivity index (χ1) is 12.7. The molecule has 2 amide bonds. The van der Waals surface area contributed by atoms with Crippen molar-refractivity contribution in [1.82, 2.24) is 15.1 Å². The molecule has 1 aromatic heterocycles. The summed E-state index contributed by atoms with van der Waals surface area (Å²) in [6.45, 7) is 0. The third-order valence-electron chi connectivity index (χ3n) is 4.95. The third kappa shape index (κ3) is 3.22. The van der Waals surface area contributed by atoms with E-state index in [0.29, 0.717) is 18.5 Å². The van der Waals surface area contributed by atoms with Crippen molar-refractivity contribution in [2.24, 2.45) is 0 Å². The summed E-state index contributed by atoms with van der Waals surface area (Å²) in [6, 6.07) is 4.18. The summed E-state index contributed by atoms with van der Waals surface area (Å²) >= 11 is 2.88. The Hall–Kier alpha value is -2.36. The monoisotopic (exact) mass is 442 g/mol. The second kappa shape index (κ2) is 6.36. The van der Waals surface area contributed by atoms with Gasteiger partial charge in [0.1, 0.15) is 0 Å². The van der Waals surface area contributed by atoms with E-state index >= 15 is 0 Å². The maximum Gasteiger partial charge on any atom is 0.417 e. The number of nitrogens with zero attached hydrogens (tertiary/aromatic N) is 2. The van der Waals surface area contributed by atoms with E-state index < -0.39 is 17.8 Å². The average Bonchev–Trinajstić information content (AvgIpc) is 2.91. The van der Waals surface area contributed by atoms with Crippen molar-refractivity contribution in [2.75, 3.05) is 5.32 Å². The van der Waals surface area contributed by atoms with Crippen molar-refractivity contribution in [3.8, 4) is 0 Å². The van der Waals surface area contributed by atoms with Gasteiger partial charge in [-0.25, -0.2) is 9.89 Å². The van der Waals surface area contributed by atoms with Crippen LogP contribution >= 0.6 is 15.9 Å². The number of urea groups is 1. The molecule has 10 heteroatoms. The number of fused-ring (bicyclic) bond motifs is 4. The topological polar surface area (TPSA) is 78.1 Å². The number of hydrogen-bond acceptors (Lipinski definition) is 3. The molecular weight excluding hydrogens is 429 g/mol. The summed E-state index contributed by atoms with van der Waals surface area (Å²) in [5, 5.41) is 9.03. The Balaban J connectivity index is 1.60. The number of anilines is 1. The highest BCUT2D eigenvalue weighted by molar-refractivity contribution is 9.10. The molecule has 4 rings (SSSR count). The molecule has 0 unspecified atom stereocenters. The Bertz CT molecular complexity index is 975. The molecule has 1 fully saturated rings. The van der Waals surface area contributed by atoms with Gasteiger partial charge in [0, 0.05) is 22.3 Å². The molecule has 6 nitrogen and oxygen atoms in total. The van der Waals surface area contributed by atoms with E-state index in [2.05, 4.69) is 31.4 Å². The number of rotatable bonds is 1. The fourth-order valence-corrected chi connectivity index (χ4v) is 4.30. The largest absolute Gasteiger partial charge is 0.417 e. The quantitative estimate of drug-likeness (QED) is 0.703. The van der Waals surface area contributed by atoms with Crippen LogP contribution in [-0.2, 0) is 12.6 Å². The van der Waals surface area contributed by atoms with Crippen molar-refractivity contribution in [1.29, 1.82) is 0 Å². The molecule has 3 heterocycles. The van der Waals surface area contributed by atoms with Crippen LogP contribution in [0.1, 0.15) is 35.7 Å². The van der Waals surface area contributed by atoms with Crippen LogP contribution in [0.3, 0.4) is 0 Å². The van der Waals surface area contributed by atoms with Crippen LogP contribution in [-0.4, -0.2) is 27.2 Å². The molecule has 2 N–H and O–H groups in total. The summed E-state index contributed by atoms with van der Waals surface area (Å²) < 4.78 is 39.1. The Morgan fingerprint density at radius 2 is 2.07 bits per heavy atom. The van der Waals surface area contributed by atoms with E-state index in [4.69, 9.17) is 0 Å². The zero-order valence-electron chi connectivity index (χ0n) is 13.8. The van der Waals surface area contributed by atoms with Crippen molar-refractivity contribution in [3.05, 3.63) is 55.9 Å². The lowest BCUT2D eigenvalue weighted by Crippen LogP contribution is -2.45. The highest BCUT2D eigenvalue weighted by atomic mass is 79.9. The SMILES string of the molecule is O=C(Nc1ccc(Br)c(C(F)(F)F)c1)N1[C@H]2CC[C@@H]1c1n[nH]c(=O)cc1C2. The lowest BCUT2D eigenvalue weighted by Gasteiger charge is -2.35.